The van der Waals surface area contributed by atoms with Crippen molar-refractivity contribution in [3.63, 3.8) is 0 Å². The van der Waals surface area contributed by atoms with E-state index in [2.05, 4.69) is 5.32 Å². The normalized spacial score (nSPS) is 9.71. The van der Waals surface area contributed by atoms with Gasteiger partial charge >= 0.3 is 5.97 Å². The Labute approximate surface area is 99.4 Å². The van der Waals surface area contributed by atoms with Crippen LogP contribution in [0.15, 0.2) is 24.3 Å². The first-order valence-corrected chi connectivity index (χ1v) is 5.30. The number of carboxylic acid groups (broad SMARTS) is 1. The second-order valence-corrected chi connectivity index (χ2v) is 3.46. The average molecular weight is 237 g/mol. The van der Waals surface area contributed by atoms with Crippen molar-refractivity contribution in [2.24, 2.45) is 0 Å². The number of hydrogen-bond acceptors (Lipinski definition) is 3. The number of carbonyl (C=O) groups is 2. The highest BCUT2D eigenvalue weighted by Crippen LogP contribution is 2.13. The Balaban J connectivity index is 2.39. The minimum absolute atomic E-state index is 0.0344. The molecule has 0 aliphatic heterocycles. The molecule has 1 aromatic rings. The topological polar surface area (TPSA) is 75.6 Å². The highest BCUT2D eigenvalue weighted by molar-refractivity contribution is 5.88. The van der Waals surface area contributed by atoms with Gasteiger partial charge in [0.1, 0.15) is 5.75 Å². The van der Waals surface area contributed by atoms with Crippen LogP contribution in [-0.2, 0) is 4.79 Å². The second-order valence-electron chi connectivity index (χ2n) is 3.46. The molecule has 5 heteroatoms. The first kappa shape index (κ1) is 13.0. The van der Waals surface area contributed by atoms with E-state index in [0.717, 1.165) is 0 Å². The summed E-state index contributed by atoms with van der Waals surface area (Å²) >= 11 is 0. The van der Waals surface area contributed by atoms with Crippen LogP contribution in [0.2, 0.25) is 0 Å². The molecule has 0 radical (unpaired) electrons. The molecule has 0 bridgehead atoms. The van der Waals surface area contributed by atoms with Gasteiger partial charge < -0.3 is 15.2 Å². The lowest BCUT2D eigenvalue weighted by molar-refractivity contribution is -0.120. The van der Waals surface area contributed by atoms with Gasteiger partial charge in [-0.1, -0.05) is 6.07 Å². The van der Waals surface area contributed by atoms with Crippen molar-refractivity contribution < 1.29 is 19.4 Å². The van der Waals surface area contributed by atoms with Crippen molar-refractivity contribution >= 4 is 11.9 Å². The van der Waals surface area contributed by atoms with E-state index in [-0.39, 0.29) is 11.5 Å². The molecule has 0 aliphatic carbocycles. The van der Waals surface area contributed by atoms with Gasteiger partial charge in [0.25, 0.3) is 0 Å². The van der Waals surface area contributed by atoms with E-state index < -0.39 is 5.97 Å². The van der Waals surface area contributed by atoms with Crippen LogP contribution in [0, 0.1) is 0 Å². The monoisotopic (exact) mass is 237 g/mol. The van der Waals surface area contributed by atoms with Crippen LogP contribution in [0.1, 0.15) is 23.2 Å². The highest BCUT2D eigenvalue weighted by atomic mass is 16.5. The largest absolute Gasteiger partial charge is 0.494 e. The fourth-order valence-corrected chi connectivity index (χ4v) is 1.27. The van der Waals surface area contributed by atoms with Gasteiger partial charge in [0.2, 0.25) is 5.91 Å². The van der Waals surface area contributed by atoms with Gasteiger partial charge in [-0.25, -0.2) is 4.79 Å². The molecule has 0 aliphatic rings. The van der Waals surface area contributed by atoms with Crippen LogP contribution < -0.4 is 10.1 Å². The van der Waals surface area contributed by atoms with Crippen LogP contribution >= 0.6 is 0 Å². The molecule has 0 unspecified atom stereocenters. The van der Waals surface area contributed by atoms with Crippen molar-refractivity contribution in [3.05, 3.63) is 29.8 Å². The first-order chi connectivity index (χ1) is 8.13. The average Bonchev–Trinajstić information content (AvgIpc) is 2.34. The lowest BCUT2D eigenvalue weighted by Gasteiger charge is -2.06. The summed E-state index contributed by atoms with van der Waals surface area (Å²) in [7, 11) is 1.58. The lowest BCUT2D eigenvalue weighted by atomic mass is 10.2. The summed E-state index contributed by atoms with van der Waals surface area (Å²) < 4.78 is 5.35. The Hall–Kier alpha value is -2.04. The Morgan fingerprint density at radius 3 is 2.82 bits per heavy atom. The third-order valence-corrected chi connectivity index (χ3v) is 2.18. The Morgan fingerprint density at radius 1 is 1.41 bits per heavy atom. The molecule has 17 heavy (non-hydrogen) atoms. The van der Waals surface area contributed by atoms with Gasteiger partial charge in [0, 0.05) is 13.5 Å². The third kappa shape index (κ3) is 4.55. The summed E-state index contributed by atoms with van der Waals surface area (Å²) in [5, 5.41) is 11.3. The predicted octanol–water partition coefficient (Wildman–Crippen LogP) is 1.29. The second kappa shape index (κ2) is 6.52. The zero-order chi connectivity index (χ0) is 12.7. The molecule has 1 amide bonds. The van der Waals surface area contributed by atoms with Gasteiger partial charge in [-0.15, -0.1) is 0 Å². The van der Waals surface area contributed by atoms with Crippen LogP contribution in [0.25, 0.3) is 0 Å². The van der Waals surface area contributed by atoms with E-state index in [4.69, 9.17) is 9.84 Å². The van der Waals surface area contributed by atoms with Crippen LogP contribution in [0.3, 0.4) is 0 Å². The van der Waals surface area contributed by atoms with E-state index in [9.17, 15) is 9.59 Å². The number of ether oxygens (including phenoxy) is 1. The molecule has 1 aromatic carbocycles. The molecule has 0 atom stereocenters. The standard InChI is InChI=1S/C12H15NO4/c1-13-11(14)6-3-7-17-10-5-2-4-9(8-10)12(15)16/h2,4-5,8H,3,6-7H2,1H3,(H,13,14)(H,15,16). The van der Waals surface area contributed by atoms with E-state index >= 15 is 0 Å². The van der Waals surface area contributed by atoms with Gasteiger partial charge in [-0.3, -0.25) is 4.79 Å². The summed E-state index contributed by atoms with van der Waals surface area (Å²) in [5.41, 5.74) is 0.189. The zero-order valence-corrected chi connectivity index (χ0v) is 9.60. The predicted molar refractivity (Wildman–Crippen MR) is 62.2 cm³/mol. The molecule has 1 rings (SSSR count). The summed E-state index contributed by atoms with van der Waals surface area (Å²) in [6.07, 6.45) is 0.992. The van der Waals surface area contributed by atoms with Gasteiger partial charge in [0.05, 0.1) is 12.2 Å². The van der Waals surface area contributed by atoms with E-state index in [1.165, 1.54) is 12.1 Å². The third-order valence-electron chi connectivity index (χ3n) is 2.18. The van der Waals surface area contributed by atoms with Gasteiger partial charge in [-0.05, 0) is 24.6 Å². The Kier molecular flexibility index (Phi) is 5.00. The van der Waals surface area contributed by atoms with E-state index in [1.807, 2.05) is 0 Å². The van der Waals surface area contributed by atoms with Gasteiger partial charge in [0.15, 0.2) is 0 Å². The van der Waals surface area contributed by atoms with Crippen LogP contribution in [-0.4, -0.2) is 30.6 Å². The molecule has 5 nitrogen and oxygen atoms in total. The summed E-state index contributed by atoms with van der Waals surface area (Å²) in [5.74, 6) is -0.518. The molecule has 0 fully saturated rings. The minimum atomic E-state index is -0.985. The highest BCUT2D eigenvalue weighted by Gasteiger charge is 2.04. The molecular weight excluding hydrogens is 222 g/mol. The van der Waals surface area contributed by atoms with Gasteiger partial charge in [-0.2, -0.15) is 0 Å². The van der Waals surface area contributed by atoms with Crippen molar-refractivity contribution in [2.75, 3.05) is 13.7 Å². The maximum absolute atomic E-state index is 10.9. The first-order valence-electron chi connectivity index (χ1n) is 5.30. The molecule has 0 saturated heterocycles. The minimum Gasteiger partial charge on any atom is -0.494 e. The maximum Gasteiger partial charge on any atom is 0.335 e. The summed E-state index contributed by atoms with van der Waals surface area (Å²) in [6, 6.07) is 6.27. The molecule has 0 spiro atoms. The fourth-order valence-electron chi connectivity index (χ4n) is 1.27. The molecule has 0 heterocycles. The summed E-state index contributed by atoms with van der Waals surface area (Å²) in [6.45, 7) is 0.385. The van der Waals surface area contributed by atoms with Crippen molar-refractivity contribution in [1.82, 2.24) is 5.32 Å². The van der Waals surface area contributed by atoms with Crippen molar-refractivity contribution in [3.8, 4) is 5.75 Å². The zero-order valence-electron chi connectivity index (χ0n) is 9.60. The molecular formula is C12H15NO4. The number of carbonyl (C=O) groups excluding carboxylic acids is 1. The SMILES string of the molecule is CNC(=O)CCCOc1cccc(C(=O)O)c1. The molecule has 0 aromatic heterocycles. The lowest BCUT2D eigenvalue weighted by Crippen LogP contribution is -2.18. The van der Waals surface area contributed by atoms with E-state index in [0.29, 0.717) is 25.2 Å². The number of benzene rings is 1. The number of aromatic carboxylic acids is 1. The Bertz CT molecular complexity index is 403. The van der Waals surface area contributed by atoms with E-state index in [1.54, 1.807) is 19.2 Å². The number of rotatable bonds is 6. The van der Waals surface area contributed by atoms with Crippen molar-refractivity contribution in [2.45, 2.75) is 12.8 Å². The van der Waals surface area contributed by atoms with Crippen molar-refractivity contribution in [1.29, 1.82) is 0 Å². The number of carboxylic acids is 1. The van der Waals surface area contributed by atoms with Crippen LogP contribution in [0.4, 0.5) is 0 Å². The quantitative estimate of drug-likeness (QED) is 0.731. The molecule has 92 valence electrons. The number of nitrogens with one attached hydrogen (secondary N) is 1. The number of hydrogen-bond donors (Lipinski definition) is 2. The molecule has 0 saturated carbocycles. The smallest absolute Gasteiger partial charge is 0.335 e. The Morgan fingerprint density at radius 2 is 2.18 bits per heavy atom. The maximum atomic E-state index is 10.9. The number of amides is 1. The fraction of sp³-hybridized carbons (Fsp3) is 0.333. The molecule has 2 N–H and O–H groups in total. The van der Waals surface area contributed by atoms with Crippen LogP contribution in [0.5, 0.6) is 5.75 Å². The summed E-state index contributed by atoms with van der Waals surface area (Å²) in [4.78, 5) is 21.6.